The Morgan fingerprint density at radius 3 is 2.50 bits per heavy atom. The van der Waals surface area contributed by atoms with E-state index in [1.165, 1.54) is 12.8 Å². The van der Waals surface area contributed by atoms with Crippen molar-refractivity contribution >= 4 is 10.0 Å². The molecule has 5 heteroatoms. The second kappa shape index (κ2) is 6.57. The molecule has 1 saturated carbocycles. The van der Waals surface area contributed by atoms with Gasteiger partial charge in [0.25, 0.3) is 0 Å². The van der Waals surface area contributed by atoms with Crippen molar-refractivity contribution in [3.63, 3.8) is 0 Å². The Balaban J connectivity index is 2.24. The van der Waals surface area contributed by atoms with Crippen LogP contribution < -0.4 is 10.0 Å². The summed E-state index contributed by atoms with van der Waals surface area (Å²) in [5.74, 6) is 0.198. The predicted octanol–water partition coefficient (Wildman–Crippen LogP) is 1.24. The highest BCUT2D eigenvalue weighted by Gasteiger charge is 2.21. The molecule has 96 valence electrons. The Kier molecular flexibility index (Phi) is 5.72. The molecule has 1 atom stereocenters. The van der Waals surface area contributed by atoms with Gasteiger partial charge in [0.15, 0.2) is 0 Å². The zero-order valence-electron chi connectivity index (χ0n) is 10.3. The minimum Gasteiger partial charge on any atom is -0.313 e. The molecule has 16 heavy (non-hydrogen) atoms. The van der Waals surface area contributed by atoms with E-state index >= 15 is 0 Å². The Bertz CT molecular complexity index is 286. The third-order valence-corrected chi connectivity index (χ3v) is 4.29. The molecular formula is C11H24N2O2S. The molecule has 0 aromatic heterocycles. The molecule has 0 amide bonds. The van der Waals surface area contributed by atoms with Crippen LogP contribution in [0.15, 0.2) is 0 Å². The van der Waals surface area contributed by atoms with Crippen LogP contribution in [0.2, 0.25) is 0 Å². The lowest BCUT2D eigenvalue weighted by atomic mass is 10.1. The SMILES string of the molecule is CCCC(CC)NS(=O)(=O)CCNC1CC1. The monoisotopic (exact) mass is 248 g/mol. The number of sulfonamides is 1. The summed E-state index contributed by atoms with van der Waals surface area (Å²) in [4.78, 5) is 0. The molecule has 0 spiro atoms. The van der Waals surface area contributed by atoms with Crippen molar-refractivity contribution in [1.82, 2.24) is 10.0 Å². The first-order valence-corrected chi connectivity index (χ1v) is 7.96. The average Bonchev–Trinajstić information content (AvgIpc) is 3.00. The highest BCUT2D eigenvalue weighted by molar-refractivity contribution is 7.89. The van der Waals surface area contributed by atoms with Gasteiger partial charge in [-0.25, -0.2) is 13.1 Å². The number of hydrogen-bond donors (Lipinski definition) is 2. The fraction of sp³-hybridized carbons (Fsp3) is 1.00. The quantitative estimate of drug-likeness (QED) is 0.645. The van der Waals surface area contributed by atoms with Crippen LogP contribution in [-0.4, -0.2) is 32.8 Å². The Morgan fingerprint density at radius 2 is 2.00 bits per heavy atom. The topological polar surface area (TPSA) is 58.2 Å². The van der Waals surface area contributed by atoms with Crippen molar-refractivity contribution < 1.29 is 8.42 Å². The van der Waals surface area contributed by atoms with Gasteiger partial charge in [-0.15, -0.1) is 0 Å². The smallest absolute Gasteiger partial charge is 0.213 e. The van der Waals surface area contributed by atoms with Crippen molar-refractivity contribution in [2.45, 2.75) is 58.0 Å². The first kappa shape index (κ1) is 13.9. The van der Waals surface area contributed by atoms with Crippen LogP contribution in [0.3, 0.4) is 0 Å². The molecule has 1 rings (SSSR count). The first-order valence-electron chi connectivity index (χ1n) is 6.30. The first-order chi connectivity index (χ1) is 7.57. The van der Waals surface area contributed by atoms with Gasteiger partial charge in [-0.1, -0.05) is 20.3 Å². The van der Waals surface area contributed by atoms with Crippen molar-refractivity contribution in [3.8, 4) is 0 Å². The summed E-state index contributed by atoms with van der Waals surface area (Å²) < 4.78 is 26.2. The van der Waals surface area contributed by atoms with Crippen LogP contribution in [0, 0.1) is 0 Å². The van der Waals surface area contributed by atoms with E-state index in [9.17, 15) is 8.42 Å². The second-order valence-corrected chi connectivity index (χ2v) is 6.43. The second-order valence-electron chi connectivity index (χ2n) is 4.56. The summed E-state index contributed by atoms with van der Waals surface area (Å²) in [6.45, 7) is 4.67. The van der Waals surface area contributed by atoms with E-state index in [0.717, 1.165) is 19.3 Å². The largest absolute Gasteiger partial charge is 0.313 e. The minimum absolute atomic E-state index is 0.107. The molecule has 0 bridgehead atoms. The molecule has 4 nitrogen and oxygen atoms in total. The van der Waals surface area contributed by atoms with Crippen molar-refractivity contribution in [2.75, 3.05) is 12.3 Å². The third-order valence-electron chi connectivity index (χ3n) is 2.86. The fourth-order valence-electron chi connectivity index (χ4n) is 1.69. The lowest BCUT2D eigenvalue weighted by molar-refractivity contribution is 0.511. The molecule has 1 aliphatic rings. The van der Waals surface area contributed by atoms with Crippen LogP contribution in [0.1, 0.15) is 46.0 Å². The summed E-state index contributed by atoms with van der Waals surface area (Å²) in [6, 6.07) is 0.684. The van der Waals surface area contributed by atoms with E-state index in [0.29, 0.717) is 12.6 Å². The third kappa shape index (κ3) is 5.82. The molecule has 0 aromatic carbocycles. The maximum Gasteiger partial charge on any atom is 0.213 e. The molecule has 0 saturated heterocycles. The van der Waals surface area contributed by atoms with E-state index in [2.05, 4.69) is 17.0 Å². The van der Waals surface area contributed by atoms with E-state index in [-0.39, 0.29) is 11.8 Å². The zero-order valence-corrected chi connectivity index (χ0v) is 11.1. The predicted molar refractivity (Wildman–Crippen MR) is 66.9 cm³/mol. The molecule has 0 radical (unpaired) electrons. The summed E-state index contributed by atoms with van der Waals surface area (Å²) in [5.41, 5.74) is 0. The number of rotatable bonds is 9. The highest BCUT2D eigenvalue weighted by Crippen LogP contribution is 2.18. The van der Waals surface area contributed by atoms with Gasteiger partial charge in [0.1, 0.15) is 0 Å². The van der Waals surface area contributed by atoms with Gasteiger partial charge < -0.3 is 5.32 Å². The van der Waals surface area contributed by atoms with Crippen LogP contribution in [0.4, 0.5) is 0 Å². The lowest BCUT2D eigenvalue weighted by Gasteiger charge is -2.16. The van der Waals surface area contributed by atoms with Gasteiger partial charge in [0.2, 0.25) is 10.0 Å². The number of nitrogens with one attached hydrogen (secondary N) is 2. The van der Waals surface area contributed by atoms with Gasteiger partial charge in [-0.05, 0) is 25.7 Å². The normalized spacial score (nSPS) is 18.6. The molecule has 0 aliphatic heterocycles. The van der Waals surface area contributed by atoms with E-state index < -0.39 is 10.0 Å². The summed E-state index contributed by atoms with van der Waals surface area (Å²) in [5, 5.41) is 3.22. The number of hydrogen-bond acceptors (Lipinski definition) is 3. The maximum absolute atomic E-state index is 11.7. The van der Waals surface area contributed by atoms with Gasteiger partial charge in [-0.3, -0.25) is 0 Å². The van der Waals surface area contributed by atoms with E-state index in [1.54, 1.807) is 0 Å². The zero-order chi connectivity index (χ0) is 12.0. The van der Waals surface area contributed by atoms with Gasteiger partial charge >= 0.3 is 0 Å². The highest BCUT2D eigenvalue weighted by atomic mass is 32.2. The summed E-state index contributed by atoms with van der Waals surface area (Å²) >= 11 is 0. The molecule has 2 N–H and O–H groups in total. The van der Waals surface area contributed by atoms with Gasteiger partial charge in [0.05, 0.1) is 5.75 Å². The van der Waals surface area contributed by atoms with Crippen LogP contribution in [0.5, 0.6) is 0 Å². The maximum atomic E-state index is 11.7. The average molecular weight is 248 g/mol. The molecule has 1 aliphatic carbocycles. The van der Waals surface area contributed by atoms with Crippen LogP contribution >= 0.6 is 0 Å². The molecule has 1 unspecified atom stereocenters. The molecule has 1 fully saturated rings. The Morgan fingerprint density at radius 1 is 1.31 bits per heavy atom. The van der Waals surface area contributed by atoms with Crippen molar-refractivity contribution in [2.24, 2.45) is 0 Å². The summed E-state index contributed by atoms with van der Waals surface area (Å²) in [7, 11) is -3.10. The Labute approximate surface area is 99.2 Å². The van der Waals surface area contributed by atoms with E-state index in [4.69, 9.17) is 0 Å². The Hall–Kier alpha value is -0.130. The van der Waals surface area contributed by atoms with Gasteiger partial charge in [-0.2, -0.15) is 0 Å². The minimum atomic E-state index is -3.10. The van der Waals surface area contributed by atoms with Gasteiger partial charge in [0, 0.05) is 18.6 Å². The fourth-order valence-corrected chi connectivity index (χ4v) is 2.99. The standard InChI is InChI=1S/C11H24N2O2S/c1-3-5-10(4-2)13-16(14,15)9-8-12-11-6-7-11/h10-13H,3-9H2,1-2H3. The summed E-state index contributed by atoms with van der Waals surface area (Å²) in [6.07, 6.45) is 5.19. The lowest BCUT2D eigenvalue weighted by Crippen LogP contribution is -2.38. The van der Waals surface area contributed by atoms with Crippen molar-refractivity contribution in [3.05, 3.63) is 0 Å². The van der Waals surface area contributed by atoms with Crippen LogP contribution in [-0.2, 0) is 10.0 Å². The van der Waals surface area contributed by atoms with Crippen LogP contribution in [0.25, 0.3) is 0 Å². The molecule has 0 aromatic rings. The van der Waals surface area contributed by atoms with Crippen molar-refractivity contribution in [1.29, 1.82) is 0 Å². The van der Waals surface area contributed by atoms with E-state index in [1.807, 2.05) is 6.92 Å². The molecule has 0 heterocycles. The molecular weight excluding hydrogens is 224 g/mol.